The van der Waals surface area contributed by atoms with Crippen LogP contribution in [0.15, 0.2) is 30.3 Å². The van der Waals surface area contributed by atoms with Gasteiger partial charge in [0.1, 0.15) is 54.9 Å². The molecule has 2 aliphatic heterocycles. The fraction of sp³-hybridized carbons (Fsp3) is 0.667. The van der Waals surface area contributed by atoms with Crippen LogP contribution in [0.4, 0.5) is 0 Å². The van der Waals surface area contributed by atoms with Crippen molar-refractivity contribution < 1.29 is 50.3 Å². The summed E-state index contributed by atoms with van der Waals surface area (Å²) in [4.78, 5) is 0. The van der Waals surface area contributed by atoms with Gasteiger partial charge in [-0.05, 0) is 5.56 Å². The maximum absolute atomic E-state index is 10.9. The molecule has 2 unspecified atom stereocenters. The molecule has 0 saturated carbocycles. The summed E-state index contributed by atoms with van der Waals surface area (Å²) in [7, 11) is 0. The Balaban J connectivity index is 2.15. The Hall–Kier alpha value is -1.18. The smallest absolute Gasteiger partial charge is 0.151 e. The van der Waals surface area contributed by atoms with Gasteiger partial charge in [-0.15, -0.1) is 0 Å². The Morgan fingerprint density at radius 1 is 0.714 bits per heavy atom. The fourth-order valence-corrected chi connectivity index (χ4v) is 3.99. The molecule has 0 radical (unpaired) electrons. The third-order valence-corrected chi connectivity index (χ3v) is 5.56. The molecule has 0 amide bonds. The van der Waals surface area contributed by atoms with Crippen LogP contribution < -0.4 is 0 Å². The zero-order valence-corrected chi connectivity index (χ0v) is 14.9. The molecular weight excluding hydrogens is 376 g/mol. The van der Waals surface area contributed by atoms with Crippen LogP contribution in [0, 0.1) is 0 Å². The van der Waals surface area contributed by atoms with Crippen molar-refractivity contribution in [1.82, 2.24) is 0 Å². The summed E-state index contributed by atoms with van der Waals surface area (Å²) in [6.45, 7) is -1.41. The molecule has 0 spiro atoms. The average Bonchev–Trinajstić information content (AvgIpc) is 2.72. The third kappa shape index (κ3) is 3.25. The van der Waals surface area contributed by atoms with Gasteiger partial charge in [0.05, 0.1) is 13.2 Å². The van der Waals surface area contributed by atoms with Crippen molar-refractivity contribution in [3.8, 4) is 0 Å². The molecule has 2 fully saturated rings. The van der Waals surface area contributed by atoms with Crippen molar-refractivity contribution in [2.45, 2.75) is 60.5 Å². The first-order chi connectivity index (χ1) is 13.3. The lowest BCUT2D eigenvalue weighted by Gasteiger charge is -2.55. The summed E-state index contributed by atoms with van der Waals surface area (Å²) < 4.78 is 11.4. The van der Waals surface area contributed by atoms with E-state index in [1.165, 1.54) is 12.1 Å². The van der Waals surface area contributed by atoms with Gasteiger partial charge < -0.3 is 50.3 Å². The first kappa shape index (κ1) is 21.5. The van der Waals surface area contributed by atoms with Crippen LogP contribution in [0.1, 0.15) is 5.56 Å². The Kier molecular flexibility index (Phi) is 6.37. The van der Waals surface area contributed by atoms with E-state index in [1.54, 1.807) is 18.2 Å². The molecule has 2 aliphatic rings. The second-order valence-corrected chi connectivity index (χ2v) is 7.17. The zero-order valence-electron chi connectivity index (χ0n) is 14.9. The Bertz CT molecular complexity index is 641. The lowest BCUT2D eigenvalue weighted by Crippen LogP contribution is -2.73. The zero-order chi connectivity index (χ0) is 20.6. The minimum Gasteiger partial charge on any atom is -0.394 e. The van der Waals surface area contributed by atoms with Crippen LogP contribution >= 0.6 is 0 Å². The summed E-state index contributed by atoms with van der Waals surface area (Å²) in [6, 6.07) is 7.91. The van der Waals surface area contributed by atoms with Crippen molar-refractivity contribution in [2.75, 3.05) is 13.2 Å². The topological polar surface area (TPSA) is 180 Å². The molecule has 158 valence electrons. The van der Waals surface area contributed by atoms with Gasteiger partial charge in [-0.3, -0.25) is 0 Å². The lowest BCUT2D eigenvalue weighted by atomic mass is 9.72. The van der Waals surface area contributed by atoms with Crippen LogP contribution in [0.2, 0.25) is 0 Å². The molecule has 10 atom stereocenters. The second-order valence-electron chi connectivity index (χ2n) is 7.17. The Labute approximate surface area is 160 Å². The molecule has 2 heterocycles. The average molecular weight is 402 g/mol. The predicted molar refractivity (Wildman–Crippen MR) is 91.9 cm³/mol. The molecule has 28 heavy (non-hydrogen) atoms. The van der Waals surface area contributed by atoms with Crippen molar-refractivity contribution in [1.29, 1.82) is 0 Å². The summed E-state index contributed by atoms with van der Waals surface area (Å²) in [5.41, 5.74) is -1.79. The van der Waals surface area contributed by atoms with E-state index in [-0.39, 0.29) is 5.56 Å². The second kappa shape index (κ2) is 8.28. The van der Waals surface area contributed by atoms with E-state index in [2.05, 4.69) is 0 Å². The van der Waals surface area contributed by atoms with Crippen LogP contribution in [0.3, 0.4) is 0 Å². The number of hydrogen-bond donors (Lipinski definition) is 8. The van der Waals surface area contributed by atoms with Crippen molar-refractivity contribution in [3.05, 3.63) is 35.9 Å². The van der Waals surface area contributed by atoms with E-state index in [0.29, 0.717) is 0 Å². The van der Waals surface area contributed by atoms with Crippen LogP contribution in [-0.2, 0) is 15.1 Å². The number of aliphatic hydroxyl groups excluding tert-OH is 8. The molecule has 1 aromatic rings. The van der Waals surface area contributed by atoms with E-state index in [9.17, 15) is 40.9 Å². The number of hydrogen-bond acceptors (Lipinski definition) is 10. The van der Waals surface area contributed by atoms with E-state index in [4.69, 9.17) is 9.47 Å². The minimum absolute atomic E-state index is 0.233. The predicted octanol–water partition coefficient (Wildman–Crippen LogP) is -3.80. The summed E-state index contributed by atoms with van der Waals surface area (Å²) in [5.74, 6) is 0. The highest BCUT2D eigenvalue weighted by molar-refractivity contribution is 5.30. The van der Waals surface area contributed by atoms with Gasteiger partial charge in [-0.2, -0.15) is 0 Å². The van der Waals surface area contributed by atoms with Gasteiger partial charge in [-0.1, -0.05) is 30.3 Å². The van der Waals surface area contributed by atoms with Crippen molar-refractivity contribution in [3.63, 3.8) is 0 Å². The standard InChI is InChI=1S/C18H26O10/c19-6-9-11(21)13(23)15(25)17(27-9)18(8-4-2-1-3-5-8)16(26)14(24)12(22)10(7-20)28-18/h1-5,9-17,19-26H,6-7H2/t9-,10-,11+,12+,13+,14+,15-,16-,17?,18?/m1/s1. The Morgan fingerprint density at radius 2 is 1.29 bits per heavy atom. The van der Waals surface area contributed by atoms with Gasteiger partial charge >= 0.3 is 0 Å². The highest BCUT2D eigenvalue weighted by Gasteiger charge is 2.63. The van der Waals surface area contributed by atoms with Crippen LogP contribution in [-0.4, -0.2) is 109 Å². The van der Waals surface area contributed by atoms with E-state index < -0.39 is 73.8 Å². The first-order valence-electron chi connectivity index (χ1n) is 8.98. The van der Waals surface area contributed by atoms with Crippen LogP contribution in [0.25, 0.3) is 0 Å². The lowest BCUT2D eigenvalue weighted by molar-refractivity contribution is -0.348. The van der Waals surface area contributed by atoms with Gasteiger partial charge in [0.2, 0.25) is 0 Å². The minimum atomic E-state index is -2.03. The number of ether oxygens (including phenoxy) is 2. The molecule has 0 bridgehead atoms. The SMILES string of the molecule is OC[C@H]1OC(c2ccccc2)(C2O[C@H](CO)[C@H](O)[C@H](O)[C@H]2O)[C@H](O)[C@@H](O)[C@H]1O. The van der Waals surface area contributed by atoms with Gasteiger partial charge in [0.25, 0.3) is 0 Å². The maximum atomic E-state index is 10.9. The van der Waals surface area contributed by atoms with Crippen LogP contribution in [0.5, 0.6) is 0 Å². The number of rotatable bonds is 4. The largest absolute Gasteiger partial charge is 0.394 e. The first-order valence-corrected chi connectivity index (χ1v) is 8.98. The van der Waals surface area contributed by atoms with Gasteiger partial charge in [0.15, 0.2) is 5.60 Å². The number of aliphatic hydroxyl groups is 8. The molecule has 10 nitrogen and oxygen atoms in total. The molecule has 1 aromatic carbocycles. The Morgan fingerprint density at radius 3 is 1.86 bits per heavy atom. The molecule has 3 rings (SSSR count). The molecule has 2 saturated heterocycles. The fourth-order valence-electron chi connectivity index (χ4n) is 3.99. The van der Waals surface area contributed by atoms with Crippen molar-refractivity contribution in [2.24, 2.45) is 0 Å². The molecule has 0 aromatic heterocycles. The third-order valence-electron chi connectivity index (χ3n) is 5.56. The molecule has 8 N–H and O–H groups in total. The van der Waals surface area contributed by atoms with Gasteiger partial charge in [0, 0.05) is 0 Å². The quantitative estimate of drug-likeness (QED) is 0.249. The molecular formula is C18H26O10. The number of benzene rings is 1. The monoisotopic (exact) mass is 402 g/mol. The van der Waals surface area contributed by atoms with E-state index in [1.807, 2.05) is 0 Å². The maximum Gasteiger partial charge on any atom is 0.151 e. The molecule has 10 heteroatoms. The highest BCUT2D eigenvalue weighted by Crippen LogP contribution is 2.45. The van der Waals surface area contributed by atoms with E-state index >= 15 is 0 Å². The summed E-state index contributed by atoms with van der Waals surface area (Å²) in [6.07, 6.45) is -14.6. The van der Waals surface area contributed by atoms with E-state index in [0.717, 1.165) is 0 Å². The summed E-state index contributed by atoms with van der Waals surface area (Å²) in [5, 5.41) is 81.4. The highest BCUT2D eigenvalue weighted by atomic mass is 16.6. The summed E-state index contributed by atoms with van der Waals surface area (Å²) >= 11 is 0. The normalized spacial score (nSPS) is 47.1. The van der Waals surface area contributed by atoms with Gasteiger partial charge in [-0.25, -0.2) is 0 Å². The van der Waals surface area contributed by atoms with Crippen molar-refractivity contribution >= 4 is 0 Å². The molecule has 0 aliphatic carbocycles.